The van der Waals surface area contributed by atoms with E-state index in [0.29, 0.717) is 12.1 Å². The Hall–Kier alpha value is -4.78. The highest BCUT2D eigenvalue weighted by Gasteiger charge is 2.41. The van der Waals surface area contributed by atoms with Gasteiger partial charge in [0.1, 0.15) is 48.5 Å². The number of likely N-dealkylation sites (tertiary alicyclic amines) is 1. The molecule has 1 aliphatic heterocycles. The van der Waals surface area contributed by atoms with Crippen LogP contribution >= 0.6 is 12.4 Å². The number of halogens is 1. The number of ketones is 1. The van der Waals surface area contributed by atoms with Crippen LogP contribution in [0.5, 0.6) is 0 Å². The number of imidazole rings is 1. The number of H-pyrrole nitrogens is 1. The van der Waals surface area contributed by atoms with Crippen molar-refractivity contribution in [1.29, 1.82) is 0 Å². The number of aliphatic hydroxyl groups is 5. The van der Waals surface area contributed by atoms with Crippen LogP contribution in [0.25, 0.3) is 0 Å². The van der Waals surface area contributed by atoms with Crippen LogP contribution in [0, 0.1) is 11.8 Å². The molecule has 13 N–H and O–H groups in total. The molecule has 1 aromatic rings. The summed E-state index contributed by atoms with van der Waals surface area (Å²) in [5.41, 5.74) is 0.407. The van der Waals surface area contributed by atoms with Crippen LogP contribution in [0.3, 0.4) is 0 Å². The summed E-state index contributed by atoms with van der Waals surface area (Å²) in [7, 11) is 0. The summed E-state index contributed by atoms with van der Waals surface area (Å²) in [6.07, 6.45) is -5.34. The van der Waals surface area contributed by atoms with Crippen LogP contribution in [-0.2, 0) is 44.8 Å². The summed E-state index contributed by atoms with van der Waals surface area (Å²) >= 11 is 0. The fourth-order valence-corrected chi connectivity index (χ4v) is 6.43. The van der Waals surface area contributed by atoms with E-state index >= 15 is 0 Å². The number of carbonyl (C=O) groups is 8. The first-order valence-electron chi connectivity index (χ1n) is 19.6. The molecule has 0 saturated carbocycles. The molecule has 0 spiro atoms. The molecule has 23 nitrogen and oxygen atoms in total. The van der Waals surface area contributed by atoms with Crippen LogP contribution in [0.15, 0.2) is 12.5 Å². The summed E-state index contributed by atoms with van der Waals surface area (Å²) in [6, 6.07) is -8.23. The van der Waals surface area contributed by atoms with Gasteiger partial charge >= 0.3 is 11.9 Å². The number of rotatable bonds is 26. The Labute approximate surface area is 358 Å². The van der Waals surface area contributed by atoms with Crippen LogP contribution < -0.4 is 26.6 Å². The van der Waals surface area contributed by atoms with Crippen molar-refractivity contribution in [2.45, 2.75) is 134 Å². The van der Waals surface area contributed by atoms with Crippen molar-refractivity contribution in [2.75, 3.05) is 19.7 Å². The topological polar surface area (TPSA) is 370 Å². The minimum absolute atomic E-state index is 0. The lowest BCUT2D eigenvalue weighted by atomic mass is 9.99. The Morgan fingerprint density at radius 2 is 1.48 bits per heavy atom. The number of nitrogens with zero attached hydrogens (tertiary/aromatic N) is 2. The number of carboxylic acid groups (broad SMARTS) is 2. The molecule has 0 radical (unpaired) electrons. The van der Waals surface area contributed by atoms with Crippen LogP contribution in [0.4, 0.5) is 0 Å². The molecule has 1 aromatic heterocycles. The van der Waals surface area contributed by atoms with Crippen molar-refractivity contribution >= 4 is 59.7 Å². The molecule has 10 atom stereocenters. The van der Waals surface area contributed by atoms with E-state index in [1.54, 1.807) is 27.7 Å². The van der Waals surface area contributed by atoms with Gasteiger partial charge in [-0.1, -0.05) is 27.7 Å². The maximum atomic E-state index is 14.0. The summed E-state index contributed by atoms with van der Waals surface area (Å²) in [5.74, 6) is -8.72. The zero-order valence-electron chi connectivity index (χ0n) is 34.6. The van der Waals surface area contributed by atoms with Gasteiger partial charge in [0.25, 0.3) is 0 Å². The lowest BCUT2D eigenvalue weighted by molar-refractivity contribution is -0.146. The minimum atomic E-state index is -2.09. The number of aromatic amines is 1. The average molecular weight is 893 g/mol. The number of aliphatic hydroxyl groups excluding tert-OH is 5. The Balaban J connectivity index is 0.0000186. The van der Waals surface area contributed by atoms with Gasteiger partial charge in [0.15, 0.2) is 5.78 Å². The third-order valence-electron chi connectivity index (χ3n) is 9.78. The first kappa shape index (κ1) is 54.2. The van der Waals surface area contributed by atoms with Crippen LogP contribution in [-0.4, -0.2) is 178 Å². The Bertz CT molecular complexity index is 1630. The van der Waals surface area contributed by atoms with Crippen molar-refractivity contribution < 1.29 is 74.1 Å². The summed E-state index contributed by atoms with van der Waals surface area (Å²) in [6.45, 7) is 6.42. The SMILES string of the molecule is CC(C)C[C@H](NC(=O)[C@H](Cc1cnc[nH]1)NC(=O)[C@@H](NCC(=O)[C@@H](O)[C@H](O)[C@H](O)CO)C(C)C)C(=O)N[C@H](C(=O)N1CCC[C@H]1C(=O)N[C@@H](CCC(=O)O)C(=O)O)[C@@H](C)O.Cl. The predicted molar refractivity (Wildman–Crippen MR) is 214 cm³/mol. The Morgan fingerprint density at radius 3 is 2.00 bits per heavy atom. The first-order chi connectivity index (χ1) is 28.1. The number of nitrogens with one attached hydrogen (secondary N) is 6. The maximum absolute atomic E-state index is 14.0. The standard InChI is InChI=1S/C37H60N8O15.ClH/c1-17(2)11-22(33(55)44-29(19(5)47)36(58)45-10-6-7-24(45)34(56)41-21(37(59)60)8-9-27(50)51)42-32(54)23(12-20-13-38-16-40-20)43-35(57)28(18(3)4)39-14-25(48)30(52)31(53)26(49)15-46;/h13,16-19,21-24,26,28-31,39,46-47,49,52-53H,6-12,14-15H2,1-5H3,(H,38,40)(H,41,56)(H,42,54)(H,43,57)(H,44,55)(H,50,51)(H,59,60);1H/t19-,21+,22+,23+,24+,26-,28+,29+,30-,31-;/m1./s1. The van der Waals surface area contributed by atoms with Gasteiger partial charge in [0.2, 0.25) is 29.5 Å². The van der Waals surface area contributed by atoms with Crippen molar-refractivity contribution in [3.05, 3.63) is 18.2 Å². The van der Waals surface area contributed by atoms with Gasteiger partial charge in [-0.3, -0.25) is 38.9 Å². The maximum Gasteiger partial charge on any atom is 0.326 e. The fourth-order valence-electron chi connectivity index (χ4n) is 6.43. The molecule has 0 aliphatic carbocycles. The zero-order valence-corrected chi connectivity index (χ0v) is 35.5. The third kappa shape index (κ3) is 16.9. The van der Waals surface area contributed by atoms with E-state index < -0.39 is 140 Å². The van der Waals surface area contributed by atoms with Crippen molar-refractivity contribution in [3.63, 3.8) is 0 Å². The van der Waals surface area contributed by atoms with E-state index in [-0.39, 0.29) is 44.1 Å². The van der Waals surface area contributed by atoms with E-state index in [9.17, 15) is 63.9 Å². The number of amides is 5. The molecule has 0 bridgehead atoms. The molecule has 1 saturated heterocycles. The summed E-state index contributed by atoms with van der Waals surface area (Å²) < 4.78 is 0. The summed E-state index contributed by atoms with van der Waals surface area (Å²) in [5, 5.41) is 80.4. The third-order valence-corrected chi connectivity index (χ3v) is 9.78. The molecule has 0 unspecified atom stereocenters. The molecule has 1 aliphatic rings. The van der Waals surface area contributed by atoms with Gasteiger partial charge in [-0.05, 0) is 44.4 Å². The van der Waals surface area contributed by atoms with Gasteiger partial charge < -0.3 is 66.9 Å². The van der Waals surface area contributed by atoms with Gasteiger partial charge in [-0.2, -0.15) is 0 Å². The van der Waals surface area contributed by atoms with Crippen molar-refractivity contribution in [3.8, 4) is 0 Å². The Kier molecular flexibility index (Phi) is 23.0. The number of carboxylic acids is 2. The molecule has 0 aromatic carbocycles. The van der Waals surface area contributed by atoms with Crippen molar-refractivity contribution in [1.82, 2.24) is 41.5 Å². The zero-order chi connectivity index (χ0) is 45.4. The molecular weight excluding hydrogens is 832 g/mol. The normalized spacial score (nSPS) is 18.3. The van der Waals surface area contributed by atoms with E-state index in [1.807, 2.05) is 0 Å². The molecule has 346 valence electrons. The highest BCUT2D eigenvalue weighted by Crippen LogP contribution is 2.20. The van der Waals surface area contributed by atoms with Gasteiger partial charge in [-0.25, -0.2) is 9.78 Å². The monoisotopic (exact) mass is 892 g/mol. The minimum Gasteiger partial charge on any atom is -0.481 e. The van der Waals surface area contributed by atoms with Gasteiger partial charge in [-0.15, -0.1) is 12.4 Å². The molecule has 61 heavy (non-hydrogen) atoms. The van der Waals surface area contributed by atoms with Gasteiger partial charge in [0, 0.05) is 31.3 Å². The van der Waals surface area contributed by atoms with E-state index in [1.165, 1.54) is 19.4 Å². The molecular formula is C37H61ClN8O15. The predicted octanol–water partition coefficient (Wildman–Crippen LogP) is -4.06. The van der Waals surface area contributed by atoms with Gasteiger partial charge in [0.05, 0.1) is 31.6 Å². The number of Topliss-reactive ketones (excluding diaryl/α,β-unsaturated/α-hetero) is 1. The lowest BCUT2D eigenvalue weighted by Gasteiger charge is -2.32. The number of hydrogen-bond acceptors (Lipinski definition) is 15. The van der Waals surface area contributed by atoms with Crippen LogP contribution in [0.2, 0.25) is 0 Å². The van der Waals surface area contributed by atoms with E-state index in [4.69, 9.17) is 10.2 Å². The quantitative estimate of drug-likeness (QED) is 0.0421. The number of aliphatic carboxylic acids is 2. The highest BCUT2D eigenvalue weighted by atomic mass is 35.5. The average Bonchev–Trinajstić information content (AvgIpc) is 3.89. The number of aromatic nitrogens is 2. The smallest absolute Gasteiger partial charge is 0.326 e. The van der Waals surface area contributed by atoms with E-state index in [2.05, 4.69) is 36.6 Å². The second-order valence-electron chi connectivity index (χ2n) is 15.5. The summed E-state index contributed by atoms with van der Waals surface area (Å²) in [4.78, 5) is 112. The molecule has 1 fully saturated rings. The highest BCUT2D eigenvalue weighted by molar-refractivity contribution is 5.97. The molecule has 2 rings (SSSR count). The lowest BCUT2D eigenvalue weighted by Crippen LogP contribution is -2.61. The molecule has 24 heteroatoms. The Morgan fingerprint density at radius 1 is 0.852 bits per heavy atom. The first-order valence-corrected chi connectivity index (χ1v) is 19.6. The molecule has 2 heterocycles. The second-order valence-corrected chi connectivity index (χ2v) is 15.5. The van der Waals surface area contributed by atoms with E-state index in [0.717, 1.165) is 4.90 Å². The van der Waals surface area contributed by atoms with Crippen LogP contribution in [0.1, 0.15) is 72.4 Å². The fraction of sp³-hybridized carbons (Fsp3) is 0.703. The van der Waals surface area contributed by atoms with Crippen molar-refractivity contribution in [2.24, 2.45) is 11.8 Å². The number of hydrogen-bond donors (Lipinski definition) is 13. The largest absolute Gasteiger partial charge is 0.481 e. The molecule has 5 amide bonds. The number of carbonyl (C=O) groups excluding carboxylic acids is 6. The second kappa shape index (κ2) is 25.9.